The van der Waals surface area contributed by atoms with Gasteiger partial charge in [0.15, 0.2) is 5.11 Å². The first kappa shape index (κ1) is 19.5. The summed E-state index contributed by atoms with van der Waals surface area (Å²) in [6.45, 7) is 3.12. The lowest BCUT2D eigenvalue weighted by Gasteiger charge is -2.29. The first-order valence-electron chi connectivity index (χ1n) is 10.0. The Bertz CT molecular complexity index is 972. The van der Waals surface area contributed by atoms with Crippen LogP contribution in [0.2, 0.25) is 0 Å². The van der Waals surface area contributed by atoms with Crippen molar-refractivity contribution in [3.05, 3.63) is 78.4 Å². The van der Waals surface area contributed by atoms with E-state index in [2.05, 4.69) is 63.2 Å². The number of nitrogens with zero attached hydrogens (tertiary/aromatic N) is 3. The number of methoxy groups -OCH3 is 1. The maximum absolute atomic E-state index is 5.74. The third kappa shape index (κ3) is 3.85. The van der Waals surface area contributed by atoms with Gasteiger partial charge in [0.25, 0.3) is 0 Å². The van der Waals surface area contributed by atoms with Crippen LogP contribution in [-0.2, 0) is 0 Å². The SMILES string of the molecule is CCCCN1C(=S)N[C@@H](c2ccccn2)[C@H]1c1cccn1-c1cccc(OC)c1. The molecule has 3 aromatic rings. The second kappa shape index (κ2) is 8.66. The first-order valence-corrected chi connectivity index (χ1v) is 10.4. The summed E-state index contributed by atoms with van der Waals surface area (Å²) >= 11 is 5.74. The van der Waals surface area contributed by atoms with Crippen molar-refractivity contribution < 1.29 is 4.74 Å². The van der Waals surface area contributed by atoms with Gasteiger partial charge in [-0.15, -0.1) is 0 Å². The van der Waals surface area contributed by atoms with Crippen LogP contribution < -0.4 is 10.1 Å². The molecule has 0 amide bonds. The van der Waals surface area contributed by atoms with Crippen molar-refractivity contribution in [2.45, 2.75) is 31.8 Å². The standard InChI is InChI=1S/C23H26N4OS/c1-3-4-14-27-22(21(25-23(27)29)19-11-5-6-13-24-19)20-12-8-15-26(20)17-9-7-10-18(16-17)28-2/h5-13,15-16,21-22H,3-4,14H2,1-2H3,(H,25,29)/t21-,22+/m0/s1. The fourth-order valence-electron chi connectivity index (χ4n) is 3.93. The summed E-state index contributed by atoms with van der Waals surface area (Å²) in [5, 5.41) is 4.31. The molecule has 1 fully saturated rings. The number of ether oxygens (including phenoxy) is 1. The molecule has 3 heterocycles. The summed E-state index contributed by atoms with van der Waals surface area (Å²) in [6.07, 6.45) is 6.15. The Morgan fingerprint density at radius 3 is 2.79 bits per heavy atom. The van der Waals surface area contributed by atoms with Crippen molar-refractivity contribution in [3.63, 3.8) is 0 Å². The minimum atomic E-state index is -0.000172. The summed E-state index contributed by atoms with van der Waals surface area (Å²) in [4.78, 5) is 6.93. The Labute approximate surface area is 177 Å². The molecular weight excluding hydrogens is 380 g/mol. The second-order valence-corrected chi connectivity index (χ2v) is 7.56. The minimum absolute atomic E-state index is 0.000172. The highest BCUT2D eigenvalue weighted by atomic mass is 32.1. The van der Waals surface area contributed by atoms with E-state index < -0.39 is 0 Å². The van der Waals surface area contributed by atoms with Gasteiger partial charge in [0.2, 0.25) is 0 Å². The number of thiocarbonyl (C=S) groups is 1. The van der Waals surface area contributed by atoms with Crippen LogP contribution in [0.4, 0.5) is 0 Å². The van der Waals surface area contributed by atoms with Crippen molar-refractivity contribution in [1.29, 1.82) is 0 Å². The zero-order chi connectivity index (χ0) is 20.2. The molecule has 1 saturated heterocycles. The molecule has 0 aliphatic carbocycles. The Morgan fingerprint density at radius 2 is 2.03 bits per heavy atom. The lowest BCUT2D eigenvalue weighted by Crippen LogP contribution is -2.31. The van der Waals surface area contributed by atoms with Crippen molar-refractivity contribution in [2.24, 2.45) is 0 Å². The molecule has 2 aromatic heterocycles. The largest absolute Gasteiger partial charge is 0.497 e. The molecule has 0 unspecified atom stereocenters. The topological polar surface area (TPSA) is 42.3 Å². The van der Waals surface area contributed by atoms with Gasteiger partial charge in [0, 0.05) is 36.4 Å². The highest BCUT2D eigenvalue weighted by Crippen LogP contribution is 2.39. The van der Waals surface area contributed by atoms with Crippen LogP contribution in [0.25, 0.3) is 5.69 Å². The third-order valence-corrected chi connectivity index (χ3v) is 5.72. The Morgan fingerprint density at radius 1 is 1.14 bits per heavy atom. The van der Waals surface area contributed by atoms with Gasteiger partial charge < -0.3 is 19.5 Å². The average molecular weight is 407 g/mol. The third-order valence-electron chi connectivity index (χ3n) is 5.37. The van der Waals surface area contributed by atoms with Crippen molar-refractivity contribution in [2.75, 3.05) is 13.7 Å². The van der Waals surface area contributed by atoms with Crippen molar-refractivity contribution in [1.82, 2.24) is 19.8 Å². The zero-order valence-corrected chi connectivity index (χ0v) is 17.6. The molecule has 150 valence electrons. The predicted octanol–water partition coefficient (Wildman–Crippen LogP) is 4.65. The normalized spacial score (nSPS) is 18.7. The van der Waals surface area contributed by atoms with E-state index in [9.17, 15) is 0 Å². The average Bonchev–Trinajstić information content (AvgIpc) is 3.37. The molecule has 2 atom stereocenters. The van der Waals surface area contributed by atoms with E-state index >= 15 is 0 Å². The number of nitrogens with one attached hydrogen (secondary N) is 1. The number of aromatic nitrogens is 2. The highest BCUT2D eigenvalue weighted by molar-refractivity contribution is 7.80. The van der Waals surface area contributed by atoms with E-state index in [0.29, 0.717) is 0 Å². The summed E-state index contributed by atoms with van der Waals surface area (Å²) in [7, 11) is 1.69. The number of hydrogen-bond donors (Lipinski definition) is 1. The van der Waals surface area contributed by atoms with Gasteiger partial charge in [-0.05, 0) is 55.0 Å². The number of unbranched alkanes of at least 4 members (excludes halogenated alkanes) is 1. The molecule has 1 N–H and O–H groups in total. The molecule has 5 nitrogen and oxygen atoms in total. The minimum Gasteiger partial charge on any atom is -0.497 e. The monoisotopic (exact) mass is 406 g/mol. The molecule has 4 rings (SSSR count). The number of pyridine rings is 1. The van der Waals surface area contributed by atoms with Gasteiger partial charge in [-0.25, -0.2) is 0 Å². The fourth-order valence-corrected chi connectivity index (χ4v) is 4.26. The second-order valence-electron chi connectivity index (χ2n) is 7.18. The number of rotatable bonds is 7. The molecule has 1 aliphatic rings. The van der Waals surface area contributed by atoms with E-state index in [1.165, 1.54) is 5.69 Å². The van der Waals surface area contributed by atoms with Crippen LogP contribution in [-0.4, -0.2) is 33.2 Å². The van der Waals surface area contributed by atoms with E-state index in [-0.39, 0.29) is 12.1 Å². The Balaban J connectivity index is 1.78. The van der Waals surface area contributed by atoms with Crippen LogP contribution in [0.3, 0.4) is 0 Å². The molecule has 6 heteroatoms. The van der Waals surface area contributed by atoms with Crippen molar-refractivity contribution >= 4 is 17.3 Å². The van der Waals surface area contributed by atoms with E-state index in [4.69, 9.17) is 17.0 Å². The van der Waals surface area contributed by atoms with Crippen LogP contribution in [0.1, 0.15) is 43.2 Å². The lowest BCUT2D eigenvalue weighted by atomic mass is 10.0. The Kier molecular flexibility index (Phi) is 5.81. The van der Waals surface area contributed by atoms with Gasteiger partial charge in [-0.2, -0.15) is 0 Å². The fraction of sp³-hybridized carbons (Fsp3) is 0.304. The summed E-state index contributed by atoms with van der Waals surface area (Å²) in [5.41, 5.74) is 3.24. The van der Waals surface area contributed by atoms with Gasteiger partial charge in [0.05, 0.1) is 24.9 Å². The van der Waals surface area contributed by atoms with Gasteiger partial charge in [-0.3, -0.25) is 4.98 Å². The molecule has 0 spiro atoms. The van der Waals surface area contributed by atoms with Gasteiger partial charge in [-0.1, -0.05) is 25.5 Å². The van der Waals surface area contributed by atoms with Crippen LogP contribution >= 0.6 is 12.2 Å². The van der Waals surface area contributed by atoms with Crippen LogP contribution in [0.5, 0.6) is 5.75 Å². The molecule has 29 heavy (non-hydrogen) atoms. The molecule has 1 aromatic carbocycles. The van der Waals surface area contributed by atoms with Crippen LogP contribution in [0.15, 0.2) is 67.0 Å². The maximum Gasteiger partial charge on any atom is 0.170 e. The van der Waals surface area contributed by atoms with Gasteiger partial charge in [0.1, 0.15) is 5.75 Å². The molecule has 1 aliphatic heterocycles. The number of benzene rings is 1. The quantitative estimate of drug-likeness (QED) is 0.579. The number of hydrogen-bond acceptors (Lipinski definition) is 3. The van der Waals surface area contributed by atoms with Gasteiger partial charge >= 0.3 is 0 Å². The maximum atomic E-state index is 5.74. The summed E-state index contributed by atoms with van der Waals surface area (Å²) in [6, 6.07) is 18.5. The first-order chi connectivity index (χ1) is 14.2. The molecule has 0 saturated carbocycles. The Hall–Kier alpha value is -2.86. The van der Waals surface area contributed by atoms with E-state index in [0.717, 1.165) is 41.6 Å². The zero-order valence-electron chi connectivity index (χ0n) is 16.8. The summed E-state index contributed by atoms with van der Waals surface area (Å²) in [5.74, 6) is 0.839. The lowest BCUT2D eigenvalue weighted by molar-refractivity contribution is 0.304. The smallest absolute Gasteiger partial charge is 0.170 e. The summed E-state index contributed by atoms with van der Waals surface area (Å²) < 4.78 is 7.65. The van der Waals surface area contributed by atoms with Crippen LogP contribution in [0, 0.1) is 0 Å². The molecular formula is C23H26N4OS. The molecule has 0 bridgehead atoms. The van der Waals surface area contributed by atoms with E-state index in [1.807, 2.05) is 30.5 Å². The highest BCUT2D eigenvalue weighted by Gasteiger charge is 2.40. The molecule has 0 radical (unpaired) electrons. The van der Waals surface area contributed by atoms with Crippen molar-refractivity contribution in [3.8, 4) is 11.4 Å². The predicted molar refractivity (Wildman–Crippen MR) is 119 cm³/mol. The van der Waals surface area contributed by atoms with E-state index in [1.54, 1.807) is 7.11 Å².